The molecule has 3 aromatic carbocycles. The van der Waals surface area contributed by atoms with Gasteiger partial charge in [-0.2, -0.15) is 0 Å². The highest BCUT2D eigenvalue weighted by Gasteiger charge is 2.48. The van der Waals surface area contributed by atoms with Crippen molar-refractivity contribution >= 4 is 40.1 Å². The highest BCUT2D eigenvalue weighted by molar-refractivity contribution is 6.51. The summed E-state index contributed by atoms with van der Waals surface area (Å²) >= 11 is 0. The van der Waals surface area contributed by atoms with Crippen LogP contribution in [0, 0.1) is 12.7 Å². The average Bonchev–Trinajstić information content (AvgIpc) is 3.41. The maximum atomic E-state index is 13.8. The Bertz CT molecular complexity index is 1570. The highest BCUT2D eigenvalue weighted by Crippen LogP contribution is 2.43. The molecule has 0 saturated carbocycles. The smallest absolute Gasteiger partial charge is 0.302 e. The molecule has 8 nitrogen and oxygen atoms in total. The van der Waals surface area contributed by atoms with E-state index in [1.807, 2.05) is 44.1 Å². The van der Waals surface area contributed by atoms with Gasteiger partial charge in [-0.15, -0.1) is 0 Å². The molecule has 1 aliphatic heterocycles. The van der Waals surface area contributed by atoms with E-state index in [2.05, 4.69) is 9.97 Å². The van der Waals surface area contributed by atoms with Crippen LogP contribution in [0.4, 0.5) is 16.0 Å². The summed E-state index contributed by atoms with van der Waals surface area (Å²) in [6, 6.07) is 15.5. The molecule has 1 amide bonds. The van der Waals surface area contributed by atoms with E-state index in [-0.39, 0.29) is 17.3 Å². The molecule has 9 heteroatoms. The number of hydrogen-bond donors (Lipinski definition) is 2. The van der Waals surface area contributed by atoms with Gasteiger partial charge in [0, 0.05) is 19.8 Å². The second-order valence-electron chi connectivity index (χ2n) is 9.08. The van der Waals surface area contributed by atoms with Crippen LogP contribution >= 0.6 is 0 Å². The number of rotatable bonds is 5. The van der Waals surface area contributed by atoms with Crippen LogP contribution in [0.3, 0.4) is 0 Å². The normalized spacial score (nSPS) is 17.0. The molecule has 0 spiro atoms. The number of carbonyl (C=O) groups is 2. The summed E-state index contributed by atoms with van der Waals surface area (Å²) in [4.78, 5) is 37.4. The van der Waals surface area contributed by atoms with Gasteiger partial charge < -0.3 is 19.7 Å². The van der Waals surface area contributed by atoms with Gasteiger partial charge in [0.15, 0.2) is 0 Å². The number of aromatic amines is 1. The summed E-state index contributed by atoms with van der Waals surface area (Å²) in [7, 11) is 5.27. The Morgan fingerprint density at radius 2 is 1.81 bits per heavy atom. The minimum absolute atomic E-state index is 0.0691. The van der Waals surface area contributed by atoms with E-state index in [4.69, 9.17) is 4.74 Å². The number of H-pyrrole nitrogens is 1. The second-order valence-corrected chi connectivity index (χ2v) is 9.08. The number of aliphatic hydroxyl groups excluding tert-OH is 1. The lowest BCUT2D eigenvalue weighted by atomic mass is 9.94. The van der Waals surface area contributed by atoms with E-state index in [0.29, 0.717) is 27.9 Å². The van der Waals surface area contributed by atoms with Gasteiger partial charge in [-0.3, -0.25) is 14.5 Å². The van der Waals surface area contributed by atoms with Crippen molar-refractivity contribution < 1.29 is 23.8 Å². The Hall–Kier alpha value is -4.66. The number of fused-ring (bicyclic) bond motifs is 1. The maximum Gasteiger partial charge on any atom is 0.302 e. The molecule has 2 heterocycles. The molecule has 1 aliphatic rings. The van der Waals surface area contributed by atoms with Gasteiger partial charge in [-0.1, -0.05) is 23.8 Å². The van der Waals surface area contributed by atoms with Gasteiger partial charge in [0.05, 0.1) is 35.3 Å². The number of carbonyl (C=O) groups excluding carboxylic acids is 2. The fourth-order valence-electron chi connectivity index (χ4n) is 4.56. The van der Waals surface area contributed by atoms with Crippen LogP contribution in [0.2, 0.25) is 0 Å². The van der Waals surface area contributed by atoms with Crippen molar-refractivity contribution in [2.24, 2.45) is 0 Å². The average molecular weight is 501 g/mol. The molecule has 188 valence electrons. The first-order chi connectivity index (χ1) is 17.7. The van der Waals surface area contributed by atoms with Gasteiger partial charge in [0.1, 0.15) is 17.3 Å². The summed E-state index contributed by atoms with van der Waals surface area (Å²) in [6.45, 7) is 1.85. The van der Waals surface area contributed by atoms with E-state index in [9.17, 15) is 19.1 Å². The van der Waals surface area contributed by atoms with Crippen LogP contribution in [-0.4, -0.2) is 48.0 Å². The first kappa shape index (κ1) is 24.1. The topological polar surface area (TPSA) is 98.8 Å². The third-order valence-corrected chi connectivity index (χ3v) is 6.44. The molecule has 5 rings (SSSR count). The molecule has 2 N–H and O–H groups in total. The molecular formula is C28H25FN4O4. The summed E-state index contributed by atoms with van der Waals surface area (Å²) in [6.07, 6.45) is 0. The van der Waals surface area contributed by atoms with Gasteiger partial charge in [0.2, 0.25) is 5.95 Å². The standard InChI is InChI=1S/C28H25FN4O4/c1-15-5-12-22(37-4)19(13-15)25(34)23-24(16-6-9-18(10-7-16)32(2)3)33(27(36)26(23)35)28-30-20-11-8-17(29)14-21(20)31-28/h5-14,24,34H,1-4H3,(H,30,31)/b25-23+. The number of imidazole rings is 1. The fourth-order valence-corrected chi connectivity index (χ4v) is 4.56. The summed E-state index contributed by atoms with van der Waals surface area (Å²) in [5.41, 5.74) is 3.34. The Balaban J connectivity index is 1.75. The van der Waals surface area contributed by atoms with Crippen LogP contribution in [0.1, 0.15) is 22.7 Å². The Labute approximate surface area is 212 Å². The quantitative estimate of drug-likeness (QED) is 0.234. The number of nitrogens with one attached hydrogen (secondary N) is 1. The number of amides is 1. The number of hydrogen-bond acceptors (Lipinski definition) is 6. The van der Waals surface area contributed by atoms with Gasteiger partial charge in [-0.05, 0) is 55.0 Å². The third kappa shape index (κ3) is 4.08. The lowest BCUT2D eigenvalue weighted by Crippen LogP contribution is -2.30. The van der Waals surface area contributed by atoms with Crippen LogP contribution in [0.15, 0.2) is 66.2 Å². The van der Waals surface area contributed by atoms with E-state index in [1.54, 1.807) is 24.3 Å². The lowest BCUT2D eigenvalue weighted by molar-refractivity contribution is -0.132. The van der Waals surface area contributed by atoms with E-state index in [0.717, 1.165) is 11.3 Å². The lowest BCUT2D eigenvalue weighted by Gasteiger charge is -2.24. The molecular weight excluding hydrogens is 475 g/mol. The zero-order valence-electron chi connectivity index (χ0n) is 20.7. The number of nitrogens with zero attached hydrogens (tertiary/aromatic N) is 3. The molecule has 0 aliphatic carbocycles. The number of methoxy groups -OCH3 is 1. The van der Waals surface area contributed by atoms with Crippen LogP contribution in [-0.2, 0) is 9.59 Å². The summed E-state index contributed by atoms with van der Waals surface area (Å²) in [5, 5.41) is 11.5. The Kier molecular flexibility index (Phi) is 5.91. The molecule has 37 heavy (non-hydrogen) atoms. The molecule has 4 aromatic rings. The minimum Gasteiger partial charge on any atom is -0.507 e. The number of ketones is 1. The number of aryl methyl sites for hydroxylation is 1. The number of halogens is 1. The van der Waals surface area contributed by atoms with Crippen molar-refractivity contribution in [1.82, 2.24) is 9.97 Å². The first-order valence-electron chi connectivity index (χ1n) is 11.6. The third-order valence-electron chi connectivity index (χ3n) is 6.44. The van der Waals surface area contributed by atoms with Crippen molar-refractivity contribution in [3.05, 3.63) is 88.7 Å². The van der Waals surface area contributed by atoms with Crippen LogP contribution < -0.4 is 14.5 Å². The molecule has 1 fully saturated rings. The van der Waals surface area contributed by atoms with Crippen molar-refractivity contribution in [3.63, 3.8) is 0 Å². The van der Waals surface area contributed by atoms with Crippen molar-refractivity contribution in [1.29, 1.82) is 0 Å². The molecule has 1 unspecified atom stereocenters. The molecule has 0 radical (unpaired) electrons. The first-order valence-corrected chi connectivity index (χ1v) is 11.6. The minimum atomic E-state index is -0.994. The van der Waals surface area contributed by atoms with Crippen LogP contribution in [0.5, 0.6) is 5.75 Å². The SMILES string of the molecule is COc1ccc(C)cc1/C(O)=C1\C(=O)C(=O)N(c2nc3ccc(F)cc3[nH]2)C1c1ccc(N(C)C)cc1. The van der Waals surface area contributed by atoms with Crippen molar-refractivity contribution in [3.8, 4) is 5.75 Å². The molecule has 0 bridgehead atoms. The van der Waals surface area contributed by atoms with Gasteiger partial charge in [-0.25, -0.2) is 9.37 Å². The monoisotopic (exact) mass is 500 g/mol. The predicted octanol–water partition coefficient (Wildman–Crippen LogP) is 4.71. The van der Waals surface area contributed by atoms with Gasteiger partial charge >= 0.3 is 5.91 Å². The Morgan fingerprint density at radius 1 is 1.08 bits per heavy atom. The number of ether oxygens (including phenoxy) is 1. The summed E-state index contributed by atoms with van der Waals surface area (Å²) in [5.74, 6) is -2.13. The number of aromatic nitrogens is 2. The second kappa shape index (κ2) is 9.09. The maximum absolute atomic E-state index is 13.8. The molecule has 1 aromatic heterocycles. The number of Topliss-reactive ketones (excluding diaryl/α,β-unsaturated/α-hetero) is 1. The highest BCUT2D eigenvalue weighted by atomic mass is 19.1. The molecule has 1 saturated heterocycles. The number of anilines is 2. The van der Waals surface area contributed by atoms with Crippen molar-refractivity contribution in [2.45, 2.75) is 13.0 Å². The van der Waals surface area contributed by atoms with Crippen LogP contribution in [0.25, 0.3) is 16.8 Å². The van der Waals surface area contributed by atoms with Crippen molar-refractivity contribution in [2.75, 3.05) is 31.0 Å². The van der Waals surface area contributed by atoms with E-state index < -0.39 is 23.5 Å². The number of aliphatic hydroxyl groups is 1. The van der Waals surface area contributed by atoms with E-state index >= 15 is 0 Å². The predicted molar refractivity (Wildman–Crippen MR) is 139 cm³/mol. The Morgan fingerprint density at radius 3 is 2.49 bits per heavy atom. The van der Waals surface area contributed by atoms with Gasteiger partial charge in [0.25, 0.3) is 5.78 Å². The molecule has 1 atom stereocenters. The van der Waals surface area contributed by atoms with E-state index in [1.165, 1.54) is 30.2 Å². The fraction of sp³-hybridized carbons (Fsp3) is 0.179. The number of benzene rings is 3. The summed E-state index contributed by atoms with van der Waals surface area (Å²) < 4.78 is 19.3. The largest absolute Gasteiger partial charge is 0.507 e. The zero-order valence-corrected chi connectivity index (χ0v) is 20.7. The zero-order chi connectivity index (χ0) is 26.4.